The van der Waals surface area contributed by atoms with Crippen LogP contribution in [0.4, 0.5) is 10.1 Å². The van der Waals surface area contributed by atoms with Gasteiger partial charge in [0.25, 0.3) is 0 Å². The Morgan fingerprint density at radius 3 is 2.92 bits per heavy atom. The highest BCUT2D eigenvalue weighted by Crippen LogP contribution is 2.16. The van der Waals surface area contributed by atoms with Gasteiger partial charge in [-0.15, -0.1) is 0 Å². The first-order valence-electron chi connectivity index (χ1n) is 4.08. The number of hydrogen-bond donors (Lipinski definition) is 1. The molecule has 0 atom stereocenters. The summed E-state index contributed by atoms with van der Waals surface area (Å²) >= 11 is 0. The molecule has 0 spiro atoms. The van der Waals surface area contributed by atoms with Gasteiger partial charge < -0.3 is 0 Å². The Bertz CT molecular complexity index is 340. The molecule has 1 aromatic carbocycles. The van der Waals surface area contributed by atoms with Gasteiger partial charge in [-0.2, -0.15) is 0 Å². The molecule has 0 radical (unpaired) electrons. The van der Waals surface area contributed by atoms with Crippen LogP contribution in [-0.4, -0.2) is 12.5 Å². The third-order valence-electron chi connectivity index (χ3n) is 1.94. The number of nitrogens with one attached hydrogen (secondary N) is 1. The first kappa shape index (κ1) is 8.04. The third-order valence-corrected chi connectivity index (χ3v) is 1.94. The average Bonchev–Trinajstić information content (AvgIpc) is 2.52. The van der Waals surface area contributed by atoms with E-state index >= 15 is 0 Å². The number of rotatable bonds is 1. The van der Waals surface area contributed by atoms with Crippen molar-refractivity contribution in [1.29, 1.82) is 0 Å². The molecule has 3 nitrogen and oxygen atoms in total. The van der Waals surface area contributed by atoms with Gasteiger partial charge in [0.2, 0.25) is 5.91 Å². The summed E-state index contributed by atoms with van der Waals surface area (Å²) in [7, 11) is 0. The van der Waals surface area contributed by atoms with Gasteiger partial charge in [0.15, 0.2) is 0 Å². The Kier molecular flexibility index (Phi) is 1.88. The Morgan fingerprint density at radius 1 is 1.46 bits per heavy atom. The fraction of sp³-hybridized carbons (Fsp3) is 0.222. The van der Waals surface area contributed by atoms with Gasteiger partial charge in [0.05, 0.1) is 5.69 Å². The molecule has 13 heavy (non-hydrogen) atoms. The van der Waals surface area contributed by atoms with Crippen LogP contribution in [-0.2, 0) is 4.79 Å². The van der Waals surface area contributed by atoms with E-state index < -0.39 is 0 Å². The van der Waals surface area contributed by atoms with Crippen molar-refractivity contribution in [3.05, 3.63) is 30.1 Å². The summed E-state index contributed by atoms with van der Waals surface area (Å²) < 4.78 is 12.8. The first-order chi connectivity index (χ1) is 6.25. The van der Waals surface area contributed by atoms with Crippen molar-refractivity contribution in [1.82, 2.24) is 5.43 Å². The smallest absolute Gasteiger partial charge is 0.240 e. The molecule has 0 unspecified atom stereocenters. The van der Waals surface area contributed by atoms with Gasteiger partial charge in [-0.3, -0.25) is 15.2 Å². The second-order valence-corrected chi connectivity index (χ2v) is 2.92. The second kappa shape index (κ2) is 3.05. The molecule has 0 bridgehead atoms. The van der Waals surface area contributed by atoms with Gasteiger partial charge in [0.1, 0.15) is 5.82 Å². The van der Waals surface area contributed by atoms with E-state index in [1.165, 1.54) is 12.1 Å². The lowest BCUT2D eigenvalue weighted by Crippen LogP contribution is -2.32. The lowest BCUT2D eigenvalue weighted by atomic mass is 10.3. The second-order valence-electron chi connectivity index (χ2n) is 2.92. The Hall–Kier alpha value is -1.58. The molecule has 0 aromatic heterocycles. The standard InChI is InChI=1S/C9H9FN2O/c10-7-2-1-3-8(6-7)12-5-4-9(13)11-12/h1-3,6H,4-5H2,(H,11,13). The molecule has 1 aliphatic rings. The van der Waals surface area contributed by atoms with Gasteiger partial charge in [0, 0.05) is 13.0 Å². The maximum atomic E-state index is 12.8. The molecule has 68 valence electrons. The zero-order valence-corrected chi connectivity index (χ0v) is 6.96. The Morgan fingerprint density at radius 2 is 2.31 bits per heavy atom. The van der Waals surface area contributed by atoms with Crippen LogP contribution in [0.1, 0.15) is 6.42 Å². The fourth-order valence-corrected chi connectivity index (χ4v) is 1.31. The summed E-state index contributed by atoms with van der Waals surface area (Å²) in [5, 5.41) is 1.64. The highest BCUT2D eigenvalue weighted by molar-refractivity contribution is 5.81. The van der Waals surface area contributed by atoms with Crippen LogP contribution in [0.2, 0.25) is 0 Å². The normalized spacial score (nSPS) is 16.1. The summed E-state index contributed by atoms with van der Waals surface area (Å²) in [6, 6.07) is 6.15. The van der Waals surface area contributed by atoms with Crippen molar-refractivity contribution in [2.45, 2.75) is 6.42 Å². The van der Waals surface area contributed by atoms with Crippen LogP contribution >= 0.6 is 0 Å². The van der Waals surface area contributed by atoms with Gasteiger partial charge in [-0.1, -0.05) is 6.07 Å². The fourth-order valence-electron chi connectivity index (χ4n) is 1.31. The molecular formula is C9H9FN2O. The van der Waals surface area contributed by atoms with E-state index in [9.17, 15) is 9.18 Å². The summed E-state index contributed by atoms with van der Waals surface area (Å²) in [4.78, 5) is 10.9. The van der Waals surface area contributed by atoms with Crippen molar-refractivity contribution in [2.75, 3.05) is 11.6 Å². The molecule has 1 heterocycles. The minimum atomic E-state index is -0.293. The van der Waals surface area contributed by atoms with E-state index in [0.717, 1.165) is 0 Å². The predicted molar refractivity (Wildman–Crippen MR) is 46.5 cm³/mol. The van der Waals surface area contributed by atoms with Crippen molar-refractivity contribution in [3.63, 3.8) is 0 Å². The van der Waals surface area contributed by atoms with Crippen LogP contribution in [0, 0.1) is 5.82 Å². The van der Waals surface area contributed by atoms with Crippen LogP contribution < -0.4 is 10.4 Å². The predicted octanol–water partition coefficient (Wildman–Crippen LogP) is 1.07. The molecule has 1 fully saturated rings. The topological polar surface area (TPSA) is 32.3 Å². The number of carbonyl (C=O) groups excluding carboxylic acids is 1. The minimum absolute atomic E-state index is 0.0238. The molecule has 4 heteroatoms. The largest absolute Gasteiger partial charge is 0.285 e. The zero-order valence-electron chi connectivity index (χ0n) is 6.96. The number of carbonyl (C=O) groups is 1. The molecule has 1 aliphatic heterocycles. The maximum Gasteiger partial charge on any atom is 0.240 e. The number of halogens is 1. The number of benzene rings is 1. The molecule has 2 rings (SSSR count). The number of nitrogens with zero attached hydrogens (tertiary/aromatic N) is 1. The van der Waals surface area contributed by atoms with Crippen molar-refractivity contribution in [2.24, 2.45) is 0 Å². The molecule has 1 N–H and O–H groups in total. The molecule has 1 amide bonds. The van der Waals surface area contributed by atoms with Crippen LogP contribution in [0.15, 0.2) is 24.3 Å². The Labute approximate surface area is 75.1 Å². The Balaban J connectivity index is 2.21. The van der Waals surface area contributed by atoms with Crippen molar-refractivity contribution in [3.8, 4) is 0 Å². The van der Waals surface area contributed by atoms with Crippen molar-refractivity contribution >= 4 is 11.6 Å². The zero-order chi connectivity index (χ0) is 9.26. The van der Waals surface area contributed by atoms with Gasteiger partial charge >= 0.3 is 0 Å². The highest BCUT2D eigenvalue weighted by atomic mass is 19.1. The molecular weight excluding hydrogens is 171 g/mol. The van der Waals surface area contributed by atoms with E-state index in [2.05, 4.69) is 5.43 Å². The number of anilines is 1. The molecule has 1 saturated heterocycles. The van der Waals surface area contributed by atoms with E-state index in [1.807, 2.05) is 0 Å². The first-order valence-corrected chi connectivity index (χ1v) is 4.08. The molecule has 1 aromatic rings. The lowest BCUT2D eigenvalue weighted by molar-refractivity contribution is -0.119. The van der Waals surface area contributed by atoms with E-state index in [1.54, 1.807) is 17.1 Å². The summed E-state index contributed by atoms with van der Waals surface area (Å²) in [6.45, 7) is 0.599. The van der Waals surface area contributed by atoms with Crippen LogP contribution in [0.3, 0.4) is 0 Å². The number of hydrazine groups is 1. The third kappa shape index (κ3) is 1.61. The number of hydrogen-bond acceptors (Lipinski definition) is 2. The van der Waals surface area contributed by atoms with E-state index in [-0.39, 0.29) is 11.7 Å². The quantitative estimate of drug-likeness (QED) is 0.701. The summed E-state index contributed by atoms with van der Waals surface area (Å²) in [5.74, 6) is -0.317. The molecule has 0 aliphatic carbocycles. The van der Waals surface area contributed by atoms with Crippen LogP contribution in [0.5, 0.6) is 0 Å². The van der Waals surface area contributed by atoms with E-state index in [0.29, 0.717) is 18.7 Å². The monoisotopic (exact) mass is 180 g/mol. The van der Waals surface area contributed by atoms with Crippen molar-refractivity contribution < 1.29 is 9.18 Å². The average molecular weight is 180 g/mol. The van der Waals surface area contributed by atoms with Gasteiger partial charge in [-0.05, 0) is 18.2 Å². The highest BCUT2D eigenvalue weighted by Gasteiger charge is 2.18. The number of amides is 1. The SMILES string of the molecule is O=C1CCN(c2cccc(F)c2)N1. The van der Waals surface area contributed by atoms with Crippen LogP contribution in [0.25, 0.3) is 0 Å². The molecule has 0 saturated carbocycles. The summed E-state index contributed by atoms with van der Waals surface area (Å²) in [5.41, 5.74) is 3.31. The minimum Gasteiger partial charge on any atom is -0.285 e. The van der Waals surface area contributed by atoms with Gasteiger partial charge in [-0.25, -0.2) is 4.39 Å². The maximum absolute atomic E-state index is 12.8. The lowest BCUT2D eigenvalue weighted by Gasteiger charge is -2.16. The van der Waals surface area contributed by atoms with E-state index in [4.69, 9.17) is 0 Å². The summed E-state index contributed by atoms with van der Waals surface area (Å²) in [6.07, 6.45) is 0.469.